The summed E-state index contributed by atoms with van der Waals surface area (Å²) in [6, 6.07) is 18.9. The molecule has 0 heterocycles. The molecule has 3 rings (SSSR count). The van der Waals surface area contributed by atoms with E-state index in [1.807, 2.05) is 12.1 Å². The first kappa shape index (κ1) is 19.3. The summed E-state index contributed by atoms with van der Waals surface area (Å²) in [5.74, 6) is -0.976. The second-order valence-corrected chi connectivity index (χ2v) is 7.06. The third-order valence-corrected chi connectivity index (χ3v) is 4.92. The maximum absolute atomic E-state index is 14.5. The third-order valence-electron chi connectivity index (χ3n) is 4.92. The van der Waals surface area contributed by atoms with Gasteiger partial charge in [-0.2, -0.15) is 0 Å². The fraction of sp³-hybridized carbons (Fsp3) is 0.280. The molecule has 0 unspecified atom stereocenters. The van der Waals surface area contributed by atoms with Crippen molar-refractivity contribution in [3.05, 3.63) is 83.4 Å². The van der Waals surface area contributed by atoms with Gasteiger partial charge in [0.15, 0.2) is 0 Å². The Hall–Kier alpha value is -2.48. The largest absolute Gasteiger partial charge is 0.206 e. The minimum Gasteiger partial charge on any atom is -0.206 e. The molecule has 0 radical (unpaired) electrons. The average Bonchev–Trinajstić information content (AvgIpc) is 2.67. The highest BCUT2D eigenvalue weighted by Crippen LogP contribution is 2.30. The van der Waals surface area contributed by atoms with Crippen LogP contribution >= 0.6 is 0 Å². The standard InChI is InChI=1S/C25H26F2/c1-3-5-7-19-16-23(26)25(24(27)17-19)22-14-12-21(13-15-22)20-10-8-18(6-4-2)9-11-20/h8-17H,3-7H2,1-2H3. The van der Waals surface area contributed by atoms with Crippen LogP contribution in [0.3, 0.4) is 0 Å². The summed E-state index contributed by atoms with van der Waals surface area (Å²) in [7, 11) is 0. The van der Waals surface area contributed by atoms with Crippen molar-refractivity contribution in [1.29, 1.82) is 0 Å². The quantitative estimate of drug-likeness (QED) is 0.405. The fourth-order valence-corrected chi connectivity index (χ4v) is 3.41. The van der Waals surface area contributed by atoms with Gasteiger partial charge in [-0.25, -0.2) is 8.78 Å². The first-order chi connectivity index (χ1) is 13.1. The number of halogens is 2. The Morgan fingerprint density at radius 1 is 0.593 bits per heavy atom. The fourth-order valence-electron chi connectivity index (χ4n) is 3.41. The van der Waals surface area contributed by atoms with Crippen molar-refractivity contribution in [2.45, 2.75) is 46.0 Å². The molecule has 0 bridgehead atoms. The molecule has 0 atom stereocenters. The van der Waals surface area contributed by atoms with E-state index in [1.165, 1.54) is 17.7 Å². The van der Waals surface area contributed by atoms with Gasteiger partial charge in [-0.05, 0) is 59.2 Å². The summed E-state index contributed by atoms with van der Waals surface area (Å²) < 4.78 is 29.0. The lowest BCUT2D eigenvalue weighted by Gasteiger charge is -2.10. The second-order valence-electron chi connectivity index (χ2n) is 7.06. The molecule has 0 aliphatic rings. The molecule has 0 saturated heterocycles. The minimum absolute atomic E-state index is 0.0556. The van der Waals surface area contributed by atoms with E-state index >= 15 is 0 Å². The number of hydrogen-bond donors (Lipinski definition) is 0. The van der Waals surface area contributed by atoms with E-state index in [4.69, 9.17) is 0 Å². The lowest BCUT2D eigenvalue weighted by molar-refractivity contribution is 0.584. The Morgan fingerprint density at radius 2 is 1.11 bits per heavy atom. The van der Waals surface area contributed by atoms with Crippen molar-refractivity contribution >= 4 is 0 Å². The Labute approximate surface area is 160 Å². The number of rotatable bonds is 7. The smallest absolute Gasteiger partial charge is 0.134 e. The molecule has 0 fully saturated rings. The van der Waals surface area contributed by atoms with E-state index in [0.717, 1.165) is 42.4 Å². The average molecular weight is 364 g/mol. The molecular weight excluding hydrogens is 338 g/mol. The van der Waals surface area contributed by atoms with Gasteiger partial charge in [-0.3, -0.25) is 0 Å². The van der Waals surface area contributed by atoms with Crippen molar-refractivity contribution in [2.75, 3.05) is 0 Å². The molecule has 0 amide bonds. The molecule has 0 N–H and O–H groups in total. The van der Waals surface area contributed by atoms with Gasteiger partial charge in [-0.15, -0.1) is 0 Å². The van der Waals surface area contributed by atoms with Crippen molar-refractivity contribution in [3.63, 3.8) is 0 Å². The summed E-state index contributed by atoms with van der Waals surface area (Å²) in [5.41, 5.74) is 4.82. The summed E-state index contributed by atoms with van der Waals surface area (Å²) >= 11 is 0. The van der Waals surface area contributed by atoms with Gasteiger partial charge in [0.2, 0.25) is 0 Å². The van der Waals surface area contributed by atoms with E-state index in [9.17, 15) is 8.78 Å². The first-order valence-electron chi connectivity index (χ1n) is 9.80. The maximum atomic E-state index is 14.5. The van der Waals surface area contributed by atoms with Gasteiger partial charge in [0, 0.05) is 0 Å². The summed E-state index contributed by atoms with van der Waals surface area (Å²) in [4.78, 5) is 0. The lowest BCUT2D eigenvalue weighted by Crippen LogP contribution is -1.95. The van der Waals surface area contributed by atoms with E-state index in [1.54, 1.807) is 12.1 Å². The van der Waals surface area contributed by atoms with Crippen molar-refractivity contribution in [3.8, 4) is 22.3 Å². The molecule has 0 nitrogen and oxygen atoms in total. The van der Waals surface area contributed by atoms with Crippen molar-refractivity contribution in [2.24, 2.45) is 0 Å². The lowest BCUT2D eigenvalue weighted by atomic mass is 9.97. The van der Waals surface area contributed by atoms with Crippen LogP contribution in [0.5, 0.6) is 0 Å². The monoisotopic (exact) mass is 364 g/mol. The predicted molar refractivity (Wildman–Crippen MR) is 110 cm³/mol. The number of unbranched alkanes of at least 4 members (excludes halogenated alkanes) is 1. The van der Waals surface area contributed by atoms with Crippen LogP contribution < -0.4 is 0 Å². The van der Waals surface area contributed by atoms with Crippen LogP contribution in [0.2, 0.25) is 0 Å². The first-order valence-corrected chi connectivity index (χ1v) is 9.80. The zero-order valence-electron chi connectivity index (χ0n) is 16.1. The Balaban J connectivity index is 1.85. The number of benzene rings is 3. The van der Waals surface area contributed by atoms with Gasteiger partial charge in [0.05, 0.1) is 5.56 Å². The summed E-state index contributed by atoms with van der Waals surface area (Å²) in [5, 5.41) is 0. The third kappa shape index (κ3) is 4.63. The highest BCUT2D eigenvalue weighted by atomic mass is 19.1. The number of aryl methyl sites for hydroxylation is 2. The predicted octanol–water partition coefficient (Wildman–Crippen LogP) is 7.59. The normalized spacial score (nSPS) is 11.0. The van der Waals surface area contributed by atoms with Gasteiger partial charge >= 0.3 is 0 Å². The van der Waals surface area contributed by atoms with Crippen LogP contribution in [0.25, 0.3) is 22.3 Å². The molecule has 0 aromatic heterocycles. The minimum atomic E-state index is -0.488. The van der Waals surface area contributed by atoms with Gasteiger partial charge in [0.1, 0.15) is 11.6 Å². The maximum Gasteiger partial charge on any atom is 0.134 e. The van der Waals surface area contributed by atoms with Crippen LogP contribution in [0.1, 0.15) is 44.2 Å². The van der Waals surface area contributed by atoms with Crippen molar-refractivity contribution < 1.29 is 8.78 Å². The van der Waals surface area contributed by atoms with E-state index in [0.29, 0.717) is 12.0 Å². The molecule has 0 aliphatic carbocycles. The molecule has 140 valence electrons. The van der Waals surface area contributed by atoms with Crippen LogP contribution in [-0.4, -0.2) is 0 Å². The molecule has 3 aromatic carbocycles. The zero-order chi connectivity index (χ0) is 19.2. The Morgan fingerprint density at radius 3 is 1.63 bits per heavy atom. The summed E-state index contributed by atoms with van der Waals surface area (Å²) in [6.07, 6.45) is 4.85. The topological polar surface area (TPSA) is 0 Å². The highest BCUT2D eigenvalue weighted by molar-refractivity contribution is 5.71. The van der Waals surface area contributed by atoms with Crippen molar-refractivity contribution in [1.82, 2.24) is 0 Å². The molecule has 0 spiro atoms. The van der Waals surface area contributed by atoms with Crippen LogP contribution in [0.4, 0.5) is 8.78 Å². The molecule has 0 saturated carbocycles. The summed E-state index contributed by atoms with van der Waals surface area (Å²) in [6.45, 7) is 4.24. The van der Waals surface area contributed by atoms with E-state index in [2.05, 4.69) is 38.1 Å². The Kier molecular flexibility index (Phi) is 6.39. The number of hydrogen-bond acceptors (Lipinski definition) is 0. The van der Waals surface area contributed by atoms with Gasteiger partial charge in [-0.1, -0.05) is 75.2 Å². The molecule has 27 heavy (non-hydrogen) atoms. The molecule has 2 heteroatoms. The highest BCUT2D eigenvalue weighted by Gasteiger charge is 2.13. The van der Waals surface area contributed by atoms with Crippen LogP contribution in [-0.2, 0) is 12.8 Å². The van der Waals surface area contributed by atoms with Crippen LogP contribution in [0, 0.1) is 11.6 Å². The molecule has 3 aromatic rings. The van der Waals surface area contributed by atoms with E-state index in [-0.39, 0.29) is 5.56 Å². The molecular formula is C25H26F2. The van der Waals surface area contributed by atoms with Crippen LogP contribution in [0.15, 0.2) is 60.7 Å². The van der Waals surface area contributed by atoms with Gasteiger partial charge < -0.3 is 0 Å². The molecule has 0 aliphatic heterocycles. The van der Waals surface area contributed by atoms with E-state index < -0.39 is 11.6 Å². The van der Waals surface area contributed by atoms with Gasteiger partial charge in [0.25, 0.3) is 0 Å². The zero-order valence-corrected chi connectivity index (χ0v) is 16.1. The second kappa shape index (κ2) is 8.94. The SMILES string of the molecule is CCCCc1cc(F)c(-c2ccc(-c3ccc(CCC)cc3)cc2)c(F)c1. The Bertz CT molecular complexity index is 854.